The number of nitrogens with zero attached hydrogens (tertiary/aromatic N) is 2. The number of H-pyrrole nitrogens is 1. The first-order chi connectivity index (χ1) is 5.29. The van der Waals surface area contributed by atoms with Gasteiger partial charge < -0.3 is 10.7 Å². The number of aryl methyl sites for hydroxylation is 1. The van der Waals surface area contributed by atoms with Crippen LogP contribution in [0.3, 0.4) is 0 Å². The Morgan fingerprint density at radius 3 is 3.09 bits per heavy atom. The molecule has 0 fully saturated rings. The number of fused-ring (bicyclic) bond motifs is 1. The second-order valence-electron chi connectivity index (χ2n) is 2.45. The maximum Gasteiger partial charge on any atom is 0.160 e. The predicted molar refractivity (Wildman–Crippen MR) is 43.0 cm³/mol. The van der Waals surface area contributed by atoms with Gasteiger partial charge in [-0.15, -0.1) is 10.2 Å². The molecular weight excluding hydrogens is 140 g/mol. The molecule has 0 saturated carbocycles. The number of hydrogen-bond donors (Lipinski definition) is 2. The molecular formula is C7H8N4. The number of nitrogens with one attached hydrogen (secondary N) is 1. The van der Waals surface area contributed by atoms with Crippen LogP contribution in [-0.2, 0) is 0 Å². The van der Waals surface area contributed by atoms with Gasteiger partial charge in [-0.2, -0.15) is 0 Å². The number of nitrogen functional groups attached to an aromatic ring is 1. The molecule has 0 aliphatic heterocycles. The van der Waals surface area contributed by atoms with Crippen LogP contribution in [0.25, 0.3) is 11.0 Å². The number of aromatic nitrogens is 3. The molecule has 0 amide bonds. The van der Waals surface area contributed by atoms with Crippen LogP contribution in [0.1, 0.15) is 5.56 Å². The summed E-state index contributed by atoms with van der Waals surface area (Å²) in [6, 6.07) is 1.94. The highest BCUT2D eigenvalue weighted by atomic mass is 15.2. The first kappa shape index (κ1) is 6.15. The molecule has 11 heavy (non-hydrogen) atoms. The summed E-state index contributed by atoms with van der Waals surface area (Å²) in [4.78, 5) is 2.96. The van der Waals surface area contributed by atoms with Crippen molar-refractivity contribution in [2.45, 2.75) is 6.92 Å². The van der Waals surface area contributed by atoms with Crippen molar-refractivity contribution in [1.29, 1.82) is 0 Å². The molecule has 2 heterocycles. The number of aromatic amines is 1. The van der Waals surface area contributed by atoms with Gasteiger partial charge in [0.25, 0.3) is 0 Å². The summed E-state index contributed by atoms with van der Waals surface area (Å²) in [5.41, 5.74) is 7.33. The van der Waals surface area contributed by atoms with Gasteiger partial charge in [-0.3, -0.25) is 0 Å². The number of rotatable bonds is 0. The van der Waals surface area contributed by atoms with Gasteiger partial charge in [0, 0.05) is 17.1 Å². The van der Waals surface area contributed by atoms with Gasteiger partial charge in [-0.1, -0.05) is 0 Å². The standard InChI is InChI=1S/C7H8N4/c1-4-5-2-3-9-7(5)11-10-6(4)8/h2-3H,1H3,(H2,8,10)(H,9,11). The van der Waals surface area contributed by atoms with E-state index in [-0.39, 0.29) is 0 Å². The van der Waals surface area contributed by atoms with Gasteiger partial charge in [-0.05, 0) is 13.0 Å². The average molecular weight is 148 g/mol. The van der Waals surface area contributed by atoms with Gasteiger partial charge in [0.1, 0.15) is 5.82 Å². The predicted octanol–water partition coefficient (Wildman–Crippen LogP) is 0.849. The highest BCUT2D eigenvalue weighted by Crippen LogP contribution is 2.16. The van der Waals surface area contributed by atoms with Crippen molar-refractivity contribution in [3.63, 3.8) is 0 Å². The molecule has 2 aromatic heterocycles. The van der Waals surface area contributed by atoms with E-state index in [4.69, 9.17) is 5.73 Å². The van der Waals surface area contributed by atoms with Gasteiger partial charge in [0.15, 0.2) is 5.65 Å². The molecule has 0 atom stereocenters. The molecule has 0 bridgehead atoms. The highest BCUT2D eigenvalue weighted by molar-refractivity contribution is 5.81. The van der Waals surface area contributed by atoms with Gasteiger partial charge in [-0.25, -0.2) is 0 Å². The molecule has 4 heteroatoms. The summed E-state index contributed by atoms with van der Waals surface area (Å²) in [7, 11) is 0. The fourth-order valence-electron chi connectivity index (χ4n) is 1.06. The maximum absolute atomic E-state index is 5.56. The highest BCUT2D eigenvalue weighted by Gasteiger charge is 2.02. The largest absolute Gasteiger partial charge is 0.382 e. The lowest BCUT2D eigenvalue weighted by molar-refractivity contribution is 1.06. The topological polar surface area (TPSA) is 67.6 Å². The van der Waals surface area contributed by atoms with E-state index in [9.17, 15) is 0 Å². The third-order valence-electron chi connectivity index (χ3n) is 1.77. The monoisotopic (exact) mass is 148 g/mol. The van der Waals surface area contributed by atoms with Crippen LogP contribution < -0.4 is 5.73 Å². The SMILES string of the molecule is Cc1c(N)nnc2[nH]ccc12. The van der Waals surface area contributed by atoms with Crippen LogP contribution in [-0.4, -0.2) is 15.2 Å². The normalized spacial score (nSPS) is 10.6. The van der Waals surface area contributed by atoms with Crippen molar-refractivity contribution in [3.05, 3.63) is 17.8 Å². The van der Waals surface area contributed by atoms with E-state index in [0.717, 1.165) is 16.6 Å². The van der Waals surface area contributed by atoms with Crippen molar-refractivity contribution in [2.75, 3.05) is 5.73 Å². The lowest BCUT2D eigenvalue weighted by Crippen LogP contribution is -1.96. The zero-order valence-corrected chi connectivity index (χ0v) is 6.13. The van der Waals surface area contributed by atoms with Crippen molar-refractivity contribution >= 4 is 16.9 Å². The Balaban J connectivity index is 2.93. The van der Waals surface area contributed by atoms with E-state index in [1.807, 2.05) is 19.2 Å². The third-order valence-corrected chi connectivity index (χ3v) is 1.77. The van der Waals surface area contributed by atoms with E-state index >= 15 is 0 Å². The Morgan fingerprint density at radius 2 is 2.27 bits per heavy atom. The number of hydrogen-bond acceptors (Lipinski definition) is 3. The van der Waals surface area contributed by atoms with Gasteiger partial charge in [0.05, 0.1) is 0 Å². The summed E-state index contributed by atoms with van der Waals surface area (Å²) >= 11 is 0. The average Bonchev–Trinajstić information content (AvgIpc) is 2.45. The molecule has 0 aliphatic rings. The van der Waals surface area contributed by atoms with Crippen LogP contribution in [0, 0.1) is 6.92 Å². The Bertz CT molecular complexity index is 390. The molecule has 0 radical (unpaired) electrons. The molecule has 4 nitrogen and oxygen atoms in total. The second kappa shape index (κ2) is 1.95. The molecule has 0 aromatic carbocycles. The molecule has 0 unspecified atom stereocenters. The molecule has 0 spiro atoms. The van der Waals surface area contributed by atoms with Crippen LogP contribution in [0.15, 0.2) is 12.3 Å². The van der Waals surface area contributed by atoms with Crippen molar-refractivity contribution < 1.29 is 0 Å². The Hall–Kier alpha value is -1.58. The van der Waals surface area contributed by atoms with Crippen LogP contribution in [0.4, 0.5) is 5.82 Å². The molecule has 56 valence electrons. The summed E-state index contributed by atoms with van der Waals surface area (Å²) in [6.07, 6.45) is 1.83. The maximum atomic E-state index is 5.56. The van der Waals surface area contributed by atoms with E-state index < -0.39 is 0 Å². The molecule has 0 aliphatic carbocycles. The lowest BCUT2D eigenvalue weighted by atomic mass is 10.2. The minimum atomic E-state index is 0.497. The number of nitrogens with two attached hydrogens (primary N) is 1. The quantitative estimate of drug-likeness (QED) is 0.582. The fraction of sp³-hybridized carbons (Fsp3) is 0.143. The van der Waals surface area contributed by atoms with Gasteiger partial charge >= 0.3 is 0 Å². The van der Waals surface area contributed by atoms with Crippen molar-refractivity contribution in [2.24, 2.45) is 0 Å². The molecule has 2 aromatic rings. The Morgan fingerprint density at radius 1 is 1.45 bits per heavy atom. The smallest absolute Gasteiger partial charge is 0.160 e. The van der Waals surface area contributed by atoms with Gasteiger partial charge in [0.2, 0.25) is 0 Å². The lowest BCUT2D eigenvalue weighted by Gasteiger charge is -1.96. The first-order valence-corrected chi connectivity index (χ1v) is 3.35. The van der Waals surface area contributed by atoms with Crippen molar-refractivity contribution in [3.8, 4) is 0 Å². The zero-order chi connectivity index (χ0) is 7.84. The van der Waals surface area contributed by atoms with Crippen LogP contribution >= 0.6 is 0 Å². The fourth-order valence-corrected chi connectivity index (χ4v) is 1.06. The van der Waals surface area contributed by atoms with E-state index in [1.54, 1.807) is 0 Å². The summed E-state index contributed by atoms with van der Waals surface area (Å²) in [5.74, 6) is 0.497. The summed E-state index contributed by atoms with van der Waals surface area (Å²) < 4.78 is 0. The summed E-state index contributed by atoms with van der Waals surface area (Å²) in [5, 5.41) is 8.69. The van der Waals surface area contributed by atoms with Crippen LogP contribution in [0.2, 0.25) is 0 Å². The molecule has 2 rings (SSSR count). The van der Waals surface area contributed by atoms with Crippen LogP contribution in [0.5, 0.6) is 0 Å². The number of anilines is 1. The zero-order valence-electron chi connectivity index (χ0n) is 6.13. The van der Waals surface area contributed by atoms with E-state index in [0.29, 0.717) is 5.82 Å². The molecule has 3 N–H and O–H groups in total. The minimum Gasteiger partial charge on any atom is -0.382 e. The Kier molecular flexibility index (Phi) is 1.09. The van der Waals surface area contributed by atoms with Crippen molar-refractivity contribution in [1.82, 2.24) is 15.2 Å². The third kappa shape index (κ3) is 0.756. The second-order valence-corrected chi connectivity index (χ2v) is 2.45. The van der Waals surface area contributed by atoms with E-state index in [2.05, 4.69) is 15.2 Å². The Labute approximate surface area is 63.4 Å². The first-order valence-electron chi connectivity index (χ1n) is 3.35. The molecule has 0 saturated heterocycles. The minimum absolute atomic E-state index is 0.497. The summed E-state index contributed by atoms with van der Waals surface area (Å²) in [6.45, 7) is 1.93. The van der Waals surface area contributed by atoms with E-state index in [1.165, 1.54) is 0 Å².